The van der Waals surface area contributed by atoms with Gasteiger partial charge in [-0.1, -0.05) is 11.6 Å². The highest BCUT2D eigenvalue weighted by Crippen LogP contribution is 2.31. The van der Waals surface area contributed by atoms with Gasteiger partial charge in [0, 0.05) is 43.0 Å². The molecule has 2 saturated heterocycles. The number of ether oxygens (including phenoxy) is 1. The molecule has 110 valence electrons. The zero-order chi connectivity index (χ0) is 15.0. The maximum atomic E-state index is 13.6. The van der Waals surface area contributed by atoms with Gasteiger partial charge in [0.2, 0.25) is 0 Å². The van der Waals surface area contributed by atoms with Crippen molar-refractivity contribution in [1.29, 1.82) is 5.26 Å². The van der Waals surface area contributed by atoms with E-state index in [4.69, 9.17) is 21.6 Å². The Bertz CT molecular complexity index is 605. The summed E-state index contributed by atoms with van der Waals surface area (Å²) in [7, 11) is 0. The first-order chi connectivity index (χ1) is 10.1. The highest BCUT2D eigenvalue weighted by Gasteiger charge is 2.42. The van der Waals surface area contributed by atoms with Gasteiger partial charge >= 0.3 is 6.09 Å². The Labute approximate surface area is 126 Å². The van der Waals surface area contributed by atoms with Gasteiger partial charge in [0.05, 0.1) is 0 Å². The monoisotopic (exact) mass is 309 g/mol. The molecule has 2 aliphatic rings. The Morgan fingerprint density at radius 3 is 2.57 bits per heavy atom. The number of hydrogen-bond donors (Lipinski definition) is 0. The quantitative estimate of drug-likeness (QED) is 0.747. The van der Waals surface area contributed by atoms with E-state index < -0.39 is 11.9 Å². The van der Waals surface area contributed by atoms with Crippen molar-refractivity contribution in [3.8, 4) is 11.9 Å². The molecule has 21 heavy (non-hydrogen) atoms. The molecule has 3 rings (SSSR count). The van der Waals surface area contributed by atoms with Gasteiger partial charge in [-0.25, -0.2) is 9.18 Å². The second-order valence-electron chi connectivity index (χ2n) is 5.37. The SMILES string of the molecule is N#CN1CC2CN(C(=O)Oc3ccc(Cl)cc3F)C[C@H]2C1. The van der Waals surface area contributed by atoms with Crippen LogP contribution >= 0.6 is 11.6 Å². The molecule has 2 heterocycles. The lowest BCUT2D eigenvalue weighted by Crippen LogP contribution is -2.34. The molecule has 0 aliphatic carbocycles. The first-order valence-electron chi connectivity index (χ1n) is 6.63. The Hall–Kier alpha value is -2.00. The standard InChI is InChI=1S/C14H13ClFN3O2/c15-11-1-2-13(12(16)3-11)21-14(20)19-6-9-4-18(8-17)5-10(9)7-19/h1-3,9-10H,4-7H2/t9-,10?/m1/s1. The molecule has 1 amide bonds. The molecule has 0 aromatic heterocycles. The van der Waals surface area contributed by atoms with E-state index >= 15 is 0 Å². The van der Waals surface area contributed by atoms with Gasteiger partial charge in [0.25, 0.3) is 0 Å². The minimum atomic E-state index is -0.661. The van der Waals surface area contributed by atoms with E-state index in [1.165, 1.54) is 12.1 Å². The number of nitrogens with zero attached hydrogens (tertiary/aromatic N) is 3. The Morgan fingerprint density at radius 2 is 2.00 bits per heavy atom. The Balaban J connectivity index is 1.62. The first kappa shape index (κ1) is 14.0. The van der Waals surface area contributed by atoms with E-state index in [9.17, 15) is 9.18 Å². The minimum Gasteiger partial charge on any atom is -0.407 e. The molecule has 1 unspecified atom stereocenters. The number of carbonyl (C=O) groups excluding carboxylic acids is 1. The van der Waals surface area contributed by atoms with E-state index in [1.54, 1.807) is 9.80 Å². The summed E-state index contributed by atoms with van der Waals surface area (Å²) in [6.45, 7) is 2.41. The van der Waals surface area contributed by atoms with Gasteiger partial charge in [-0.05, 0) is 18.2 Å². The molecule has 2 atom stereocenters. The molecular formula is C14H13ClFN3O2. The fourth-order valence-corrected chi connectivity index (χ4v) is 3.10. The van der Waals surface area contributed by atoms with E-state index in [2.05, 4.69) is 6.19 Å². The zero-order valence-electron chi connectivity index (χ0n) is 11.1. The van der Waals surface area contributed by atoms with E-state index in [1.807, 2.05) is 0 Å². The molecule has 0 spiro atoms. The van der Waals surface area contributed by atoms with Gasteiger partial charge < -0.3 is 14.5 Å². The van der Waals surface area contributed by atoms with Crippen LogP contribution in [0, 0.1) is 29.1 Å². The van der Waals surface area contributed by atoms with Crippen LogP contribution in [0.3, 0.4) is 0 Å². The van der Waals surface area contributed by atoms with Crippen molar-refractivity contribution in [1.82, 2.24) is 9.80 Å². The fourth-order valence-electron chi connectivity index (χ4n) is 2.94. The minimum absolute atomic E-state index is 0.125. The lowest BCUT2D eigenvalue weighted by Gasteiger charge is -2.18. The van der Waals surface area contributed by atoms with Gasteiger partial charge in [-0.2, -0.15) is 5.26 Å². The van der Waals surface area contributed by atoms with Crippen LogP contribution in [0.25, 0.3) is 0 Å². The molecule has 2 fully saturated rings. The normalized spacial score (nSPS) is 23.9. The molecular weight excluding hydrogens is 297 g/mol. The summed E-state index contributed by atoms with van der Waals surface area (Å²) in [6.07, 6.45) is 1.56. The number of rotatable bonds is 1. The highest BCUT2D eigenvalue weighted by atomic mass is 35.5. The van der Waals surface area contributed by atoms with Crippen molar-refractivity contribution < 1.29 is 13.9 Å². The molecule has 2 aliphatic heterocycles. The van der Waals surface area contributed by atoms with Gasteiger partial charge in [-0.3, -0.25) is 0 Å². The highest BCUT2D eigenvalue weighted by molar-refractivity contribution is 6.30. The largest absolute Gasteiger partial charge is 0.415 e. The summed E-state index contributed by atoms with van der Waals surface area (Å²) in [5.41, 5.74) is 0. The molecule has 0 radical (unpaired) electrons. The third-order valence-corrected chi connectivity index (χ3v) is 4.21. The van der Waals surface area contributed by atoms with Gasteiger partial charge in [0.1, 0.15) is 0 Å². The molecule has 1 aromatic rings. The van der Waals surface area contributed by atoms with Crippen LogP contribution in [0.5, 0.6) is 5.75 Å². The average Bonchev–Trinajstić information content (AvgIpc) is 2.99. The number of nitriles is 1. The molecule has 0 N–H and O–H groups in total. The summed E-state index contributed by atoms with van der Waals surface area (Å²) in [5.74, 6) is -0.217. The maximum Gasteiger partial charge on any atom is 0.415 e. The van der Waals surface area contributed by atoms with Crippen LogP contribution in [-0.4, -0.2) is 42.1 Å². The Morgan fingerprint density at radius 1 is 1.33 bits per heavy atom. The fraction of sp³-hybridized carbons (Fsp3) is 0.429. The molecule has 7 heteroatoms. The number of carbonyl (C=O) groups is 1. The summed E-state index contributed by atoms with van der Waals surface area (Å²) >= 11 is 5.65. The topological polar surface area (TPSA) is 56.6 Å². The van der Waals surface area contributed by atoms with Crippen molar-refractivity contribution in [2.24, 2.45) is 11.8 Å². The number of fused-ring (bicyclic) bond motifs is 1. The zero-order valence-corrected chi connectivity index (χ0v) is 11.9. The number of hydrogen-bond acceptors (Lipinski definition) is 4. The van der Waals surface area contributed by atoms with Gasteiger partial charge in [-0.15, -0.1) is 0 Å². The first-order valence-corrected chi connectivity index (χ1v) is 7.01. The predicted octanol–water partition coefficient (Wildman–Crippen LogP) is 2.32. The number of benzene rings is 1. The Kier molecular flexibility index (Phi) is 3.60. The molecule has 5 nitrogen and oxygen atoms in total. The smallest absolute Gasteiger partial charge is 0.407 e. The predicted molar refractivity (Wildman–Crippen MR) is 73.2 cm³/mol. The van der Waals surface area contributed by atoms with Crippen molar-refractivity contribution in [3.05, 3.63) is 29.0 Å². The van der Waals surface area contributed by atoms with Gasteiger partial charge in [0.15, 0.2) is 17.8 Å². The van der Waals surface area contributed by atoms with Crippen LogP contribution in [0.2, 0.25) is 5.02 Å². The van der Waals surface area contributed by atoms with E-state index in [0.717, 1.165) is 6.07 Å². The van der Waals surface area contributed by atoms with Crippen molar-refractivity contribution in [2.45, 2.75) is 0 Å². The summed E-state index contributed by atoms with van der Waals surface area (Å²) in [6, 6.07) is 3.91. The maximum absolute atomic E-state index is 13.6. The van der Waals surface area contributed by atoms with Crippen molar-refractivity contribution in [2.75, 3.05) is 26.2 Å². The summed E-state index contributed by atoms with van der Waals surface area (Å²) < 4.78 is 18.7. The lowest BCUT2D eigenvalue weighted by atomic mass is 10.0. The average molecular weight is 310 g/mol. The van der Waals surface area contributed by atoms with Crippen LogP contribution in [-0.2, 0) is 0 Å². The van der Waals surface area contributed by atoms with Crippen molar-refractivity contribution >= 4 is 17.7 Å². The van der Waals surface area contributed by atoms with E-state index in [0.29, 0.717) is 26.2 Å². The van der Waals surface area contributed by atoms with Crippen LogP contribution in [0.15, 0.2) is 18.2 Å². The second-order valence-corrected chi connectivity index (χ2v) is 5.81. The third kappa shape index (κ3) is 2.74. The summed E-state index contributed by atoms with van der Waals surface area (Å²) in [5, 5.41) is 9.11. The molecule has 1 aromatic carbocycles. The van der Waals surface area contributed by atoms with Crippen LogP contribution in [0.4, 0.5) is 9.18 Å². The van der Waals surface area contributed by atoms with Crippen LogP contribution < -0.4 is 4.74 Å². The van der Waals surface area contributed by atoms with Crippen molar-refractivity contribution in [3.63, 3.8) is 0 Å². The molecule has 0 bridgehead atoms. The third-order valence-electron chi connectivity index (χ3n) is 3.98. The molecule has 0 saturated carbocycles. The second kappa shape index (κ2) is 5.41. The number of amides is 1. The van der Waals surface area contributed by atoms with Crippen LogP contribution in [0.1, 0.15) is 0 Å². The van der Waals surface area contributed by atoms with E-state index in [-0.39, 0.29) is 22.6 Å². The lowest BCUT2D eigenvalue weighted by molar-refractivity contribution is 0.156. The summed E-state index contributed by atoms with van der Waals surface area (Å²) in [4.78, 5) is 15.3. The number of likely N-dealkylation sites (tertiary alicyclic amines) is 2. The number of halogens is 2.